The van der Waals surface area contributed by atoms with Gasteiger partial charge in [0.05, 0.1) is 5.39 Å². The second kappa shape index (κ2) is 4.67. The van der Waals surface area contributed by atoms with Crippen LogP contribution in [0.5, 0.6) is 0 Å². The van der Waals surface area contributed by atoms with Crippen LogP contribution in [0, 0.1) is 0 Å². The summed E-state index contributed by atoms with van der Waals surface area (Å²) in [6.45, 7) is 1.82. The molecule has 5 nitrogen and oxygen atoms in total. The molecule has 2 aromatic rings. The molecule has 1 atom stereocenters. The Morgan fingerprint density at radius 1 is 1.47 bits per heavy atom. The van der Waals surface area contributed by atoms with Gasteiger partial charge in [-0.3, -0.25) is 4.79 Å². The average Bonchev–Trinajstić information content (AvgIpc) is 2.76. The molecule has 0 aliphatic heterocycles. The van der Waals surface area contributed by atoms with Gasteiger partial charge < -0.3 is 10.2 Å². The first kappa shape index (κ1) is 11.8. The Hall–Kier alpha value is -1.69. The number of carbonyl (C=O) groups is 1. The van der Waals surface area contributed by atoms with Crippen LogP contribution in [0.25, 0.3) is 10.2 Å². The number of thiophene rings is 1. The first-order chi connectivity index (χ1) is 8.09. The lowest BCUT2D eigenvalue weighted by Crippen LogP contribution is -2.36. The zero-order valence-electron chi connectivity index (χ0n) is 9.97. The van der Waals surface area contributed by atoms with Crippen LogP contribution in [0.4, 0.5) is 5.82 Å². The standard InChI is InChI=1S/C11H14N4OS/c1-7(11(16)15(2)3)14-9-8-4-5-17-10(8)13-6-12-9/h4-7H,1-3H3,(H,12,13,14). The predicted molar refractivity (Wildman–Crippen MR) is 69.2 cm³/mol. The van der Waals surface area contributed by atoms with E-state index < -0.39 is 0 Å². The van der Waals surface area contributed by atoms with Crippen LogP contribution in [-0.2, 0) is 4.79 Å². The Bertz CT molecular complexity index is 537. The molecule has 1 unspecified atom stereocenters. The number of rotatable bonds is 3. The first-order valence-corrected chi connectivity index (χ1v) is 6.13. The van der Waals surface area contributed by atoms with E-state index in [1.54, 1.807) is 30.3 Å². The Kier molecular flexibility index (Phi) is 3.23. The fraction of sp³-hybridized carbons (Fsp3) is 0.364. The van der Waals surface area contributed by atoms with Crippen LogP contribution >= 0.6 is 11.3 Å². The Morgan fingerprint density at radius 2 is 2.24 bits per heavy atom. The van der Waals surface area contributed by atoms with E-state index in [9.17, 15) is 4.79 Å². The SMILES string of the molecule is CC(Nc1ncnc2sccc12)C(=O)N(C)C. The highest BCUT2D eigenvalue weighted by atomic mass is 32.1. The second-order valence-electron chi connectivity index (χ2n) is 3.96. The number of hydrogen-bond acceptors (Lipinski definition) is 5. The molecular weight excluding hydrogens is 236 g/mol. The third-order valence-corrected chi connectivity index (χ3v) is 3.25. The molecule has 0 fully saturated rings. The minimum Gasteiger partial charge on any atom is -0.358 e. The van der Waals surface area contributed by atoms with Crippen LogP contribution in [0.2, 0.25) is 0 Å². The number of anilines is 1. The van der Waals surface area contributed by atoms with E-state index in [2.05, 4.69) is 15.3 Å². The maximum absolute atomic E-state index is 11.7. The van der Waals surface area contributed by atoms with Gasteiger partial charge in [-0.05, 0) is 18.4 Å². The number of amides is 1. The molecule has 0 saturated carbocycles. The van der Waals surface area contributed by atoms with Crippen LogP contribution in [0.3, 0.4) is 0 Å². The van der Waals surface area contributed by atoms with Crippen molar-refractivity contribution in [2.75, 3.05) is 19.4 Å². The van der Waals surface area contributed by atoms with Crippen molar-refractivity contribution in [1.29, 1.82) is 0 Å². The van der Waals surface area contributed by atoms with Crippen molar-refractivity contribution >= 4 is 33.3 Å². The molecule has 6 heteroatoms. The fourth-order valence-corrected chi connectivity index (χ4v) is 2.29. The molecule has 0 aliphatic carbocycles. The number of nitrogens with one attached hydrogen (secondary N) is 1. The number of likely N-dealkylation sites (N-methyl/N-ethyl adjacent to an activating group) is 1. The fourth-order valence-electron chi connectivity index (χ4n) is 1.56. The van der Waals surface area contributed by atoms with Crippen molar-refractivity contribution < 1.29 is 4.79 Å². The number of aromatic nitrogens is 2. The predicted octanol–water partition coefficient (Wildman–Crippen LogP) is 1.58. The summed E-state index contributed by atoms with van der Waals surface area (Å²) in [6, 6.07) is 1.65. The summed E-state index contributed by atoms with van der Waals surface area (Å²) in [6.07, 6.45) is 1.51. The minimum absolute atomic E-state index is 0.0204. The molecule has 0 saturated heterocycles. The number of hydrogen-bond donors (Lipinski definition) is 1. The highest BCUT2D eigenvalue weighted by molar-refractivity contribution is 7.16. The summed E-state index contributed by atoms with van der Waals surface area (Å²) in [4.78, 5) is 22.6. The highest BCUT2D eigenvalue weighted by Gasteiger charge is 2.16. The maximum atomic E-state index is 11.7. The Morgan fingerprint density at radius 3 is 2.94 bits per heavy atom. The summed E-state index contributed by atoms with van der Waals surface area (Å²) in [5.41, 5.74) is 0. The van der Waals surface area contributed by atoms with E-state index >= 15 is 0 Å². The monoisotopic (exact) mass is 250 g/mol. The van der Waals surface area contributed by atoms with E-state index in [0.717, 1.165) is 10.2 Å². The molecule has 90 valence electrons. The highest BCUT2D eigenvalue weighted by Crippen LogP contribution is 2.24. The van der Waals surface area contributed by atoms with Crippen molar-refractivity contribution in [2.45, 2.75) is 13.0 Å². The lowest BCUT2D eigenvalue weighted by Gasteiger charge is -2.18. The van der Waals surface area contributed by atoms with Gasteiger partial charge in [0.2, 0.25) is 5.91 Å². The first-order valence-electron chi connectivity index (χ1n) is 5.25. The van der Waals surface area contributed by atoms with Crippen LogP contribution in [0.1, 0.15) is 6.92 Å². The third kappa shape index (κ3) is 2.36. The van der Waals surface area contributed by atoms with Gasteiger partial charge in [-0.1, -0.05) is 0 Å². The summed E-state index contributed by atoms with van der Waals surface area (Å²) in [5, 5.41) is 6.03. The normalized spacial score (nSPS) is 12.4. The van der Waals surface area contributed by atoms with Gasteiger partial charge in [0, 0.05) is 14.1 Å². The van der Waals surface area contributed by atoms with E-state index in [0.29, 0.717) is 5.82 Å². The molecule has 0 aromatic carbocycles. The molecule has 2 aromatic heterocycles. The Labute approximate surface area is 103 Å². The summed E-state index contributed by atoms with van der Waals surface area (Å²) in [5.74, 6) is 0.728. The molecule has 17 heavy (non-hydrogen) atoms. The van der Waals surface area contributed by atoms with E-state index in [4.69, 9.17) is 0 Å². The van der Waals surface area contributed by atoms with Gasteiger partial charge in [0.25, 0.3) is 0 Å². The number of nitrogens with zero attached hydrogens (tertiary/aromatic N) is 3. The third-order valence-electron chi connectivity index (χ3n) is 2.43. The molecule has 0 bridgehead atoms. The van der Waals surface area contributed by atoms with Gasteiger partial charge in [-0.2, -0.15) is 0 Å². The molecule has 2 heterocycles. The summed E-state index contributed by atoms with van der Waals surface area (Å²) in [7, 11) is 3.47. The van der Waals surface area contributed by atoms with Gasteiger partial charge in [-0.25, -0.2) is 9.97 Å². The van der Waals surface area contributed by atoms with Crippen molar-refractivity contribution in [2.24, 2.45) is 0 Å². The van der Waals surface area contributed by atoms with Gasteiger partial charge in [-0.15, -0.1) is 11.3 Å². The maximum Gasteiger partial charge on any atom is 0.244 e. The zero-order chi connectivity index (χ0) is 12.4. The van der Waals surface area contributed by atoms with Gasteiger partial charge in [0.15, 0.2) is 0 Å². The minimum atomic E-state index is -0.303. The molecule has 0 radical (unpaired) electrons. The van der Waals surface area contributed by atoms with Crippen LogP contribution < -0.4 is 5.32 Å². The zero-order valence-corrected chi connectivity index (χ0v) is 10.8. The van der Waals surface area contributed by atoms with Gasteiger partial charge >= 0.3 is 0 Å². The topological polar surface area (TPSA) is 58.1 Å². The lowest BCUT2D eigenvalue weighted by molar-refractivity contribution is -0.129. The van der Waals surface area contributed by atoms with Gasteiger partial charge in [0.1, 0.15) is 23.0 Å². The smallest absolute Gasteiger partial charge is 0.244 e. The van der Waals surface area contributed by atoms with Crippen LogP contribution in [0.15, 0.2) is 17.8 Å². The van der Waals surface area contributed by atoms with Crippen LogP contribution in [-0.4, -0.2) is 40.9 Å². The summed E-state index contributed by atoms with van der Waals surface area (Å²) < 4.78 is 0. The molecule has 1 N–H and O–H groups in total. The van der Waals surface area contributed by atoms with Crippen molar-refractivity contribution in [3.8, 4) is 0 Å². The number of fused-ring (bicyclic) bond motifs is 1. The van der Waals surface area contributed by atoms with Crippen molar-refractivity contribution in [1.82, 2.24) is 14.9 Å². The molecule has 2 rings (SSSR count). The molecule has 0 spiro atoms. The molecular formula is C11H14N4OS. The lowest BCUT2D eigenvalue weighted by atomic mass is 10.3. The largest absolute Gasteiger partial charge is 0.358 e. The van der Waals surface area contributed by atoms with Crippen molar-refractivity contribution in [3.05, 3.63) is 17.8 Å². The average molecular weight is 250 g/mol. The van der Waals surface area contributed by atoms with E-state index in [1.165, 1.54) is 6.33 Å². The molecule has 1 amide bonds. The Balaban J connectivity index is 2.24. The van der Waals surface area contributed by atoms with E-state index in [-0.39, 0.29) is 11.9 Å². The van der Waals surface area contributed by atoms with Crippen molar-refractivity contribution in [3.63, 3.8) is 0 Å². The quantitative estimate of drug-likeness (QED) is 0.898. The summed E-state index contributed by atoms with van der Waals surface area (Å²) >= 11 is 1.56. The van der Waals surface area contributed by atoms with E-state index in [1.807, 2.05) is 18.4 Å². The molecule has 0 aliphatic rings. The second-order valence-corrected chi connectivity index (χ2v) is 4.85. The number of carbonyl (C=O) groups excluding carboxylic acids is 1.